The normalized spacial score (nSPS) is 13.4. The Morgan fingerprint density at radius 3 is 2.50 bits per heavy atom. The largest absolute Gasteiger partial charge is 0.467 e. The second kappa shape index (κ2) is 10.7. The summed E-state index contributed by atoms with van der Waals surface area (Å²) in [6.45, 7) is 1.82. The van der Waals surface area contributed by atoms with E-state index in [4.69, 9.17) is 4.42 Å². The molecule has 0 aliphatic heterocycles. The number of aliphatic hydroxyl groups excluding tert-OH is 1. The molecule has 28 heavy (non-hydrogen) atoms. The zero-order valence-electron chi connectivity index (χ0n) is 15.5. The number of aliphatic hydroxyl groups is 1. The SMILES string of the molecule is CCNC(=NCc1ccc(COCC(F)(F)F)cc1)NCC(O)c1ccco1. The zero-order chi connectivity index (χ0) is 20.4. The highest BCUT2D eigenvalue weighted by molar-refractivity contribution is 5.79. The fraction of sp³-hybridized carbons (Fsp3) is 0.421. The molecule has 1 aromatic carbocycles. The number of alkyl halides is 3. The highest BCUT2D eigenvalue weighted by Crippen LogP contribution is 2.16. The summed E-state index contributed by atoms with van der Waals surface area (Å²) in [7, 11) is 0. The lowest BCUT2D eigenvalue weighted by atomic mass is 10.1. The molecule has 6 nitrogen and oxygen atoms in total. The van der Waals surface area contributed by atoms with Gasteiger partial charge in [0.25, 0.3) is 0 Å². The van der Waals surface area contributed by atoms with Crippen LogP contribution in [-0.4, -0.2) is 36.9 Å². The molecule has 1 unspecified atom stereocenters. The summed E-state index contributed by atoms with van der Waals surface area (Å²) in [4.78, 5) is 4.43. The molecule has 1 heterocycles. The zero-order valence-corrected chi connectivity index (χ0v) is 15.5. The minimum absolute atomic E-state index is 0.0993. The Hall–Kier alpha value is -2.52. The van der Waals surface area contributed by atoms with Crippen LogP contribution in [0.5, 0.6) is 0 Å². The molecule has 2 aromatic rings. The Kier molecular flexibility index (Phi) is 8.34. The second-order valence-electron chi connectivity index (χ2n) is 6.03. The maximum atomic E-state index is 12.1. The van der Waals surface area contributed by atoms with Gasteiger partial charge in [0.05, 0.1) is 26.0 Å². The maximum Gasteiger partial charge on any atom is 0.411 e. The van der Waals surface area contributed by atoms with E-state index >= 15 is 0 Å². The van der Waals surface area contributed by atoms with Crippen molar-refractivity contribution in [1.29, 1.82) is 0 Å². The summed E-state index contributed by atoms with van der Waals surface area (Å²) in [5, 5.41) is 16.2. The molecule has 0 aliphatic rings. The number of furan rings is 1. The van der Waals surface area contributed by atoms with Gasteiger partial charge in [0.1, 0.15) is 18.5 Å². The van der Waals surface area contributed by atoms with Crippen LogP contribution in [0.4, 0.5) is 13.2 Å². The monoisotopic (exact) mass is 399 g/mol. The van der Waals surface area contributed by atoms with Crippen molar-refractivity contribution in [3.05, 3.63) is 59.5 Å². The van der Waals surface area contributed by atoms with Crippen molar-refractivity contribution >= 4 is 5.96 Å². The van der Waals surface area contributed by atoms with Gasteiger partial charge in [0, 0.05) is 6.54 Å². The number of ether oxygens (including phenoxy) is 1. The smallest absolute Gasteiger partial charge is 0.411 e. The fourth-order valence-corrected chi connectivity index (χ4v) is 2.31. The van der Waals surface area contributed by atoms with Crippen LogP contribution in [0, 0.1) is 0 Å². The van der Waals surface area contributed by atoms with E-state index in [0.29, 0.717) is 30.4 Å². The van der Waals surface area contributed by atoms with Gasteiger partial charge in [0.15, 0.2) is 5.96 Å². The summed E-state index contributed by atoms with van der Waals surface area (Å²) in [6, 6.07) is 10.4. The van der Waals surface area contributed by atoms with Crippen LogP contribution in [0.15, 0.2) is 52.1 Å². The van der Waals surface area contributed by atoms with E-state index in [1.165, 1.54) is 6.26 Å². The first-order valence-corrected chi connectivity index (χ1v) is 8.83. The van der Waals surface area contributed by atoms with E-state index in [1.807, 2.05) is 6.92 Å². The number of benzene rings is 1. The Bertz CT molecular complexity index is 716. The van der Waals surface area contributed by atoms with Gasteiger partial charge in [-0.05, 0) is 30.2 Å². The average Bonchev–Trinajstić information content (AvgIpc) is 3.18. The van der Waals surface area contributed by atoms with Crippen LogP contribution >= 0.6 is 0 Å². The van der Waals surface area contributed by atoms with Crippen molar-refractivity contribution in [2.45, 2.75) is 32.4 Å². The highest BCUT2D eigenvalue weighted by atomic mass is 19.4. The van der Waals surface area contributed by atoms with Crippen molar-refractivity contribution in [3.8, 4) is 0 Å². The minimum atomic E-state index is -4.32. The van der Waals surface area contributed by atoms with Crippen LogP contribution in [0.25, 0.3) is 0 Å². The number of nitrogens with zero attached hydrogens (tertiary/aromatic N) is 1. The molecule has 1 aromatic heterocycles. The third kappa shape index (κ3) is 8.01. The molecule has 0 radical (unpaired) electrons. The van der Waals surface area contributed by atoms with Gasteiger partial charge >= 0.3 is 6.18 Å². The van der Waals surface area contributed by atoms with Gasteiger partial charge in [-0.25, -0.2) is 4.99 Å². The number of aliphatic imine (C=N–C) groups is 1. The molecule has 0 saturated carbocycles. The molecule has 0 aliphatic carbocycles. The van der Waals surface area contributed by atoms with Gasteiger partial charge in [-0.1, -0.05) is 24.3 Å². The van der Waals surface area contributed by atoms with E-state index < -0.39 is 18.9 Å². The molecule has 154 valence electrons. The van der Waals surface area contributed by atoms with E-state index in [2.05, 4.69) is 20.4 Å². The van der Waals surface area contributed by atoms with Crippen LogP contribution in [0.1, 0.15) is 29.9 Å². The van der Waals surface area contributed by atoms with Crippen molar-refractivity contribution in [3.63, 3.8) is 0 Å². The van der Waals surface area contributed by atoms with E-state index in [0.717, 1.165) is 5.56 Å². The lowest BCUT2D eigenvalue weighted by Crippen LogP contribution is -2.39. The molecule has 0 bridgehead atoms. The molecular formula is C19H24F3N3O3. The van der Waals surface area contributed by atoms with E-state index in [1.54, 1.807) is 36.4 Å². The topological polar surface area (TPSA) is 79.0 Å². The Balaban J connectivity index is 1.84. The molecule has 0 fully saturated rings. The molecule has 3 N–H and O–H groups in total. The number of nitrogens with one attached hydrogen (secondary N) is 2. The summed E-state index contributed by atoms with van der Waals surface area (Å²) < 4.78 is 46.0. The number of halogens is 3. The quantitative estimate of drug-likeness (QED) is 0.446. The molecule has 2 rings (SSSR count). The van der Waals surface area contributed by atoms with Crippen LogP contribution in [0.2, 0.25) is 0 Å². The van der Waals surface area contributed by atoms with Crippen LogP contribution in [-0.2, 0) is 17.9 Å². The van der Waals surface area contributed by atoms with Crippen LogP contribution in [0.3, 0.4) is 0 Å². The first kappa shape index (κ1) is 21.8. The molecule has 0 spiro atoms. The van der Waals surface area contributed by atoms with Gasteiger partial charge in [-0.2, -0.15) is 13.2 Å². The van der Waals surface area contributed by atoms with Crippen molar-refractivity contribution in [2.24, 2.45) is 4.99 Å². The summed E-state index contributed by atoms with van der Waals surface area (Å²) >= 11 is 0. The lowest BCUT2D eigenvalue weighted by molar-refractivity contribution is -0.176. The molecular weight excluding hydrogens is 375 g/mol. The molecule has 0 amide bonds. The Morgan fingerprint density at radius 2 is 1.89 bits per heavy atom. The third-order valence-electron chi connectivity index (χ3n) is 3.66. The number of guanidine groups is 1. The van der Waals surface area contributed by atoms with Gasteiger partial charge < -0.3 is 24.9 Å². The Morgan fingerprint density at radius 1 is 1.18 bits per heavy atom. The highest BCUT2D eigenvalue weighted by Gasteiger charge is 2.27. The summed E-state index contributed by atoms with van der Waals surface area (Å²) in [5.41, 5.74) is 1.55. The number of hydrogen-bond acceptors (Lipinski definition) is 4. The molecule has 1 atom stereocenters. The number of hydrogen-bond donors (Lipinski definition) is 3. The lowest BCUT2D eigenvalue weighted by Gasteiger charge is -2.14. The minimum Gasteiger partial charge on any atom is -0.467 e. The second-order valence-corrected chi connectivity index (χ2v) is 6.03. The standard InChI is InChI=1S/C19H24F3N3O3/c1-2-23-18(25-11-16(26)17-4-3-9-28-17)24-10-14-5-7-15(8-6-14)12-27-13-19(20,21)22/h3-9,16,26H,2,10-13H2,1H3,(H2,23,24,25). The molecule has 9 heteroatoms. The Labute approximate surface area is 161 Å². The predicted molar refractivity (Wildman–Crippen MR) is 98.6 cm³/mol. The van der Waals surface area contributed by atoms with Gasteiger partial charge in [-0.3, -0.25) is 0 Å². The van der Waals surface area contributed by atoms with E-state index in [-0.39, 0.29) is 13.2 Å². The average molecular weight is 399 g/mol. The first-order chi connectivity index (χ1) is 13.4. The third-order valence-corrected chi connectivity index (χ3v) is 3.66. The summed E-state index contributed by atoms with van der Waals surface area (Å²) in [6.07, 6.45) is -3.63. The van der Waals surface area contributed by atoms with Crippen LogP contribution < -0.4 is 10.6 Å². The number of rotatable bonds is 9. The van der Waals surface area contributed by atoms with Gasteiger partial charge in [0.2, 0.25) is 0 Å². The first-order valence-electron chi connectivity index (χ1n) is 8.83. The van der Waals surface area contributed by atoms with Crippen molar-refractivity contribution < 1.29 is 27.4 Å². The predicted octanol–water partition coefficient (Wildman–Crippen LogP) is 3.15. The maximum absolute atomic E-state index is 12.1. The van der Waals surface area contributed by atoms with Gasteiger partial charge in [-0.15, -0.1) is 0 Å². The summed E-state index contributed by atoms with van der Waals surface area (Å²) in [5.74, 6) is 0.998. The van der Waals surface area contributed by atoms with Crippen molar-refractivity contribution in [1.82, 2.24) is 10.6 Å². The van der Waals surface area contributed by atoms with Crippen molar-refractivity contribution in [2.75, 3.05) is 19.7 Å². The fourth-order valence-electron chi connectivity index (χ4n) is 2.31. The van der Waals surface area contributed by atoms with E-state index in [9.17, 15) is 18.3 Å². The molecule has 0 saturated heterocycles.